The van der Waals surface area contributed by atoms with E-state index in [9.17, 15) is 13.6 Å². The molecule has 2 aromatic carbocycles. The Bertz CT molecular complexity index is 1160. The number of nitrogens with zero attached hydrogens (tertiary/aromatic N) is 3. The lowest BCUT2D eigenvalue weighted by atomic mass is 10.0. The summed E-state index contributed by atoms with van der Waals surface area (Å²) in [5, 5.41) is 11.8. The number of halogens is 2. The van der Waals surface area contributed by atoms with Gasteiger partial charge in [-0.25, -0.2) is 18.6 Å². The molecular formula is C23H20F2N4O3. The maximum Gasteiger partial charge on any atom is 0.328 e. The maximum absolute atomic E-state index is 13.6. The highest BCUT2D eigenvalue weighted by Gasteiger charge is 2.19. The van der Waals surface area contributed by atoms with E-state index in [0.29, 0.717) is 37.8 Å². The number of carboxylic acid groups (broad SMARTS) is 1. The highest BCUT2D eigenvalue weighted by Crippen LogP contribution is 2.31. The molecule has 1 aliphatic heterocycles. The van der Waals surface area contributed by atoms with Gasteiger partial charge in [0.05, 0.1) is 13.2 Å². The van der Waals surface area contributed by atoms with Gasteiger partial charge in [-0.1, -0.05) is 18.2 Å². The lowest BCUT2D eigenvalue weighted by molar-refractivity contribution is -0.131. The number of anilines is 3. The van der Waals surface area contributed by atoms with E-state index in [4.69, 9.17) is 9.84 Å². The van der Waals surface area contributed by atoms with Crippen LogP contribution in [0.1, 0.15) is 5.56 Å². The number of carboxylic acids is 1. The molecule has 0 aliphatic carbocycles. The van der Waals surface area contributed by atoms with Crippen LogP contribution >= 0.6 is 0 Å². The summed E-state index contributed by atoms with van der Waals surface area (Å²) in [6, 6.07) is 10.9. The summed E-state index contributed by atoms with van der Waals surface area (Å²) in [7, 11) is 0. The van der Waals surface area contributed by atoms with E-state index >= 15 is 0 Å². The van der Waals surface area contributed by atoms with Gasteiger partial charge in [-0.15, -0.1) is 0 Å². The number of rotatable bonds is 6. The second-order valence-electron chi connectivity index (χ2n) is 7.08. The molecule has 0 atom stereocenters. The molecule has 1 aliphatic rings. The summed E-state index contributed by atoms with van der Waals surface area (Å²) in [6.45, 7) is 2.37. The normalized spacial score (nSPS) is 14.0. The second-order valence-corrected chi connectivity index (χ2v) is 7.08. The number of nitrogens with one attached hydrogen (secondary N) is 1. The molecule has 32 heavy (non-hydrogen) atoms. The number of aromatic nitrogens is 2. The summed E-state index contributed by atoms with van der Waals surface area (Å²) in [6.07, 6.45) is 4.24. The van der Waals surface area contributed by atoms with Gasteiger partial charge in [0.1, 0.15) is 5.82 Å². The molecule has 1 fully saturated rings. The molecular weight excluding hydrogens is 418 g/mol. The Kier molecular flexibility index (Phi) is 6.37. The van der Waals surface area contributed by atoms with Crippen LogP contribution in [-0.2, 0) is 9.53 Å². The first-order valence-corrected chi connectivity index (χ1v) is 9.93. The zero-order valence-electron chi connectivity index (χ0n) is 17.0. The fourth-order valence-corrected chi connectivity index (χ4v) is 3.33. The van der Waals surface area contributed by atoms with Gasteiger partial charge in [-0.3, -0.25) is 0 Å². The fraction of sp³-hybridized carbons (Fsp3) is 0.174. The van der Waals surface area contributed by atoms with Gasteiger partial charge in [0.15, 0.2) is 11.6 Å². The van der Waals surface area contributed by atoms with Gasteiger partial charge in [-0.2, -0.15) is 4.98 Å². The Labute approximate surface area is 183 Å². The van der Waals surface area contributed by atoms with Gasteiger partial charge < -0.3 is 20.1 Å². The van der Waals surface area contributed by atoms with Crippen LogP contribution in [-0.4, -0.2) is 47.3 Å². The third-order valence-electron chi connectivity index (χ3n) is 4.87. The van der Waals surface area contributed by atoms with Gasteiger partial charge in [0.2, 0.25) is 5.95 Å². The van der Waals surface area contributed by atoms with Crippen molar-refractivity contribution in [3.05, 3.63) is 71.9 Å². The van der Waals surface area contributed by atoms with Crippen molar-refractivity contribution in [2.45, 2.75) is 0 Å². The van der Waals surface area contributed by atoms with E-state index in [1.54, 1.807) is 12.3 Å². The van der Waals surface area contributed by atoms with Crippen LogP contribution in [0, 0.1) is 11.6 Å². The standard InChI is InChI=1S/C23H20F2N4O3/c24-19-6-5-17(13-20(19)25)27-23-26-14-18(22(28-23)29-8-10-32-11-9-29)16-3-1-2-15(12-16)4-7-21(30)31/h1-7,12-14H,8-11H2,(H,30,31)(H,26,27,28). The van der Waals surface area contributed by atoms with Crippen molar-refractivity contribution < 1.29 is 23.4 Å². The topological polar surface area (TPSA) is 87.6 Å². The van der Waals surface area contributed by atoms with Crippen LogP contribution in [0.3, 0.4) is 0 Å². The Hall–Kier alpha value is -3.85. The fourth-order valence-electron chi connectivity index (χ4n) is 3.33. The molecule has 0 saturated carbocycles. The van der Waals surface area contributed by atoms with Crippen molar-refractivity contribution in [2.75, 3.05) is 36.5 Å². The summed E-state index contributed by atoms with van der Waals surface area (Å²) < 4.78 is 32.2. The minimum absolute atomic E-state index is 0.239. The Morgan fingerprint density at radius 1 is 1.12 bits per heavy atom. The number of carbonyl (C=O) groups is 1. The van der Waals surface area contributed by atoms with Crippen LogP contribution < -0.4 is 10.2 Å². The van der Waals surface area contributed by atoms with Crippen molar-refractivity contribution in [2.24, 2.45) is 0 Å². The number of aliphatic carboxylic acids is 1. The molecule has 3 aromatic rings. The molecule has 0 amide bonds. The summed E-state index contributed by atoms with van der Waals surface area (Å²) in [5.74, 6) is -2.03. The molecule has 2 heterocycles. The first-order valence-electron chi connectivity index (χ1n) is 9.93. The summed E-state index contributed by atoms with van der Waals surface area (Å²) >= 11 is 0. The van der Waals surface area contributed by atoms with E-state index in [1.807, 2.05) is 18.2 Å². The van der Waals surface area contributed by atoms with Gasteiger partial charge >= 0.3 is 5.97 Å². The number of benzene rings is 2. The lowest BCUT2D eigenvalue weighted by Crippen LogP contribution is -2.37. The van der Waals surface area contributed by atoms with E-state index in [1.165, 1.54) is 12.1 Å². The molecule has 0 spiro atoms. The van der Waals surface area contributed by atoms with Crippen LogP contribution in [0.4, 0.5) is 26.2 Å². The Balaban J connectivity index is 1.71. The zero-order chi connectivity index (χ0) is 22.5. The molecule has 4 rings (SSSR count). The van der Waals surface area contributed by atoms with Crippen molar-refractivity contribution in [3.8, 4) is 11.1 Å². The third-order valence-corrected chi connectivity index (χ3v) is 4.87. The molecule has 0 radical (unpaired) electrons. The molecule has 1 aromatic heterocycles. The maximum atomic E-state index is 13.6. The predicted molar refractivity (Wildman–Crippen MR) is 117 cm³/mol. The quantitative estimate of drug-likeness (QED) is 0.560. The van der Waals surface area contributed by atoms with Crippen LogP contribution in [0.15, 0.2) is 54.7 Å². The summed E-state index contributed by atoms with van der Waals surface area (Å²) in [4.78, 5) is 21.9. The number of hydrogen-bond donors (Lipinski definition) is 2. The monoisotopic (exact) mass is 438 g/mol. The highest BCUT2D eigenvalue weighted by molar-refractivity contribution is 5.86. The van der Waals surface area contributed by atoms with Gasteiger partial charge in [0, 0.05) is 42.7 Å². The lowest BCUT2D eigenvalue weighted by Gasteiger charge is -2.29. The van der Waals surface area contributed by atoms with Gasteiger partial charge in [-0.05, 0) is 35.4 Å². The van der Waals surface area contributed by atoms with Crippen molar-refractivity contribution in [1.82, 2.24) is 9.97 Å². The zero-order valence-corrected chi connectivity index (χ0v) is 17.0. The third kappa shape index (κ3) is 5.06. The number of ether oxygens (including phenoxy) is 1. The number of hydrogen-bond acceptors (Lipinski definition) is 6. The first-order chi connectivity index (χ1) is 15.5. The average molecular weight is 438 g/mol. The van der Waals surface area contributed by atoms with Crippen LogP contribution in [0.5, 0.6) is 0 Å². The smallest absolute Gasteiger partial charge is 0.328 e. The second kappa shape index (κ2) is 9.52. The first kappa shape index (κ1) is 21.4. The van der Waals surface area contributed by atoms with Crippen molar-refractivity contribution >= 4 is 29.5 Å². The largest absolute Gasteiger partial charge is 0.478 e. The Morgan fingerprint density at radius 3 is 2.69 bits per heavy atom. The molecule has 9 heteroatoms. The minimum atomic E-state index is -1.03. The highest BCUT2D eigenvalue weighted by atomic mass is 19.2. The van der Waals surface area contributed by atoms with Crippen molar-refractivity contribution in [3.63, 3.8) is 0 Å². The van der Waals surface area contributed by atoms with Crippen LogP contribution in [0.2, 0.25) is 0 Å². The molecule has 164 valence electrons. The van der Waals surface area contributed by atoms with E-state index in [2.05, 4.69) is 20.2 Å². The molecule has 1 saturated heterocycles. The van der Waals surface area contributed by atoms with Crippen molar-refractivity contribution in [1.29, 1.82) is 0 Å². The summed E-state index contributed by atoms with van der Waals surface area (Å²) in [5.41, 5.74) is 2.62. The van der Waals surface area contributed by atoms with E-state index < -0.39 is 17.6 Å². The average Bonchev–Trinajstić information content (AvgIpc) is 2.81. The van der Waals surface area contributed by atoms with Crippen LogP contribution in [0.25, 0.3) is 17.2 Å². The predicted octanol–water partition coefficient (Wildman–Crippen LogP) is 4.10. The molecule has 0 bridgehead atoms. The Morgan fingerprint density at radius 2 is 1.94 bits per heavy atom. The van der Waals surface area contributed by atoms with Gasteiger partial charge in [0.25, 0.3) is 0 Å². The van der Waals surface area contributed by atoms with E-state index in [0.717, 1.165) is 34.9 Å². The molecule has 0 unspecified atom stereocenters. The molecule has 2 N–H and O–H groups in total. The SMILES string of the molecule is O=C(O)C=Cc1cccc(-c2cnc(Nc3ccc(F)c(F)c3)nc2N2CCOCC2)c1. The number of morpholine rings is 1. The molecule has 7 nitrogen and oxygen atoms in total. The van der Waals surface area contributed by atoms with E-state index in [-0.39, 0.29) is 5.95 Å². The minimum Gasteiger partial charge on any atom is -0.478 e.